The van der Waals surface area contributed by atoms with Gasteiger partial charge in [-0.1, -0.05) is 31.5 Å². The predicted octanol–water partition coefficient (Wildman–Crippen LogP) is 2.59. The summed E-state index contributed by atoms with van der Waals surface area (Å²) in [5.74, 6) is -0.0757. The normalized spacial score (nSPS) is 13.1. The molecule has 2 N–H and O–H groups in total. The molecule has 0 aliphatic heterocycles. The van der Waals surface area contributed by atoms with E-state index in [0.29, 0.717) is 12.5 Å². The Balaban J connectivity index is 2.57. The molecular weight excluding hydrogens is 229 g/mol. The van der Waals surface area contributed by atoms with Crippen LogP contribution in [0.25, 0.3) is 0 Å². The predicted molar refractivity (Wildman–Crippen MR) is 64.0 cm³/mol. The Kier molecular flexibility index (Phi) is 5.19. The van der Waals surface area contributed by atoms with Crippen molar-refractivity contribution in [3.63, 3.8) is 0 Å². The quantitative estimate of drug-likeness (QED) is 0.836. The molecule has 0 heterocycles. The van der Waals surface area contributed by atoms with Gasteiger partial charge >= 0.3 is 0 Å². The number of hydrogen-bond donors (Lipinski definition) is 2. The Morgan fingerprint density at radius 1 is 1.44 bits per heavy atom. The molecule has 2 nitrogen and oxygen atoms in total. The Morgan fingerprint density at radius 3 is 2.62 bits per heavy atom. The summed E-state index contributed by atoms with van der Waals surface area (Å²) in [4.78, 5) is 0. The zero-order valence-corrected chi connectivity index (χ0v) is 10.3. The summed E-state index contributed by atoms with van der Waals surface area (Å²) in [5.41, 5.74) is 0.820. The molecule has 0 fully saturated rings. The van der Waals surface area contributed by atoms with Gasteiger partial charge in [0.1, 0.15) is 5.82 Å². The maximum absolute atomic E-state index is 13.1. The minimum absolute atomic E-state index is 0.0266. The number of nitrogens with one attached hydrogen (secondary N) is 1. The third-order valence-electron chi connectivity index (χ3n) is 2.55. The highest BCUT2D eigenvalue weighted by Gasteiger charge is 2.11. The van der Waals surface area contributed by atoms with E-state index in [0.717, 1.165) is 5.56 Å². The minimum Gasteiger partial charge on any atom is -0.395 e. The average molecular weight is 246 g/mol. The molecule has 1 aromatic rings. The van der Waals surface area contributed by atoms with E-state index in [-0.39, 0.29) is 17.7 Å². The van der Waals surface area contributed by atoms with E-state index in [1.807, 2.05) is 13.8 Å². The van der Waals surface area contributed by atoms with Crippen molar-refractivity contribution in [1.82, 2.24) is 5.32 Å². The van der Waals surface area contributed by atoms with E-state index < -0.39 is 5.82 Å². The van der Waals surface area contributed by atoms with Crippen molar-refractivity contribution >= 4 is 11.6 Å². The van der Waals surface area contributed by atoms with Crippen LogP contribution in [0.2, 0.25) is 5.02 Å². The van der Waals surface area contributed by atoms with Gasteiger partial charge in [0.05, 0.1) is 11.6 Å². The Labute approximate surface area is 100 Å². The van der Waals surface area contributed by atoms with Crippen LogP contribution < -0.4 is 5.32 Å². The van der Waals surface area contributed by atoms with Gasteiger partial charge in [0.25, 0.3) is 0 Å². The van der Waals surface area contributed by atoms with E-state index in [4.69, 9.17) is 16.7 Å². The standard InChI is InChI=1S/C12H17ClFNO/c1-8(2)12(7-16)15-6-9-3-4-10(13)11(14)5-9/h3-5,8,12,15-16H,6-7H2,1-2H3. The van der Waals surface area contributed by atoms with Gasteiger partial charge in [-0.3, -0.25) is 0 Å². The Bertz CT molecular complexity index is 344. The molecule has 4 heteroatoms. The summed E-state index contributed by atoms with van der Waals surface area (Å²) < 4.78 is 13.1. The molecule has 0 aliphatic carbocycles. The first kappa shape index (κ1) is 13.4. The van der Waals surface area contributed by atoms with Crippen molar-refractivity contribution in [3.05, 3.63) is 34.6 Å². The summed E-state index contributed by atoms with van der Waals surface area (Å²) in [6.45, 7) is 4.65. The van der Waals surface area contributed by atoms with Gasteiger partial charge in [0.15, 0.2) is 0 Å². The van der Waals surface area contributed by atoms with Crippen molar-refractivity contribution in [2.45, 2.75) is 26.4 Å². The maximum atomic E-state index is 13.1. The van der Waals surface area contributed by atoms with Crippen LogP contribution in [0.5, 0.6) is 0 Å². The average Bonchev–Trinajstić information content (AvgIpc) is 2.23. The molecule has 16 heavy (non-hydrogen) atoms. The Morgan fingerprint density at radius 2 is 2.12 bits per heavy atom. The second-order valence-electron chi connectivity index (χ2n) is 4.16. The van der Waals surface area contributed by atoms with Crippen molar-refractivity contribution in [2.75, 3.05) is 6.61 Å². The number of halogens is 2. The van der Waals surface area contributed by atoms with Gasteiger partial charge in [-0.05, 0) is 23.6 Å². The number of aliphatic hydroxyl groups is 1. The number of benzene rings is 1. The van der Waals surface area contributed by atoms with Gasteiger partial charge in [-0.25, -0.2) is 4.39 Å². The summed E-state index contributed by atoms with van der Waals surface area (Å²) in [6.07, 6.45) is 0. The molecule has 0 spiro atoms. The second-order valence-corrected chi connectivity index (χ2v) is 4.57. The smallest absolute Gasteiger partial charge is 0.142 e. The Hall–Kier alpha value is -0.640. The van der Waals surface area contributed by atoms with Gasteiger partial charge in [-0.15, -0.1) is 0 Å². The van der Waals surface area contributed by atoms with Gasteiger partial charge < -0.3 is 10.4 Å². The van der Waals surface area contributed by atoms with Crippen LogP contribution in [0.15, 0.2) is 18.2 Å². The largest absolute Gasteiger partial charge is 0.395 e. The molecule has 1 atom stereocenters. The van der Waals surface area contributed by atoms with Crippen molar-refractivity contribution in [3.8, 4) is 0 Å². The SMILES string of the molecule is CC(C)C(CO)NCc1ccc(Cl)c(F)c1. The zero-order chi connectivity index (χ0) is 12.1. The molecule has 1 unspecified atom stereocenters. The van der Waals surface area contributed by atoms with Crippen LogP contribution in [0.1, 0.15) is 19.4 Å². The maximum Gasteiger partial charge on any atom is 0.142 e. The van der Waals surface area contributed by atoms with Gasteiger partial charge in [-0.2, -0.15) is 0 Å². The second kappa shape index (κ2) is 6.18. The first-order valence-corrected chi connectivity index (χ1v) is 5.70. The zero-order valence-electron chi connectivity index (χ0n) is 9.50. The van der Waals surface area contributed by atoms with E-state index >= 15 is 0 Å². The number of aliphatic hydroxyl groups excluding tert-OH is 1. The highest BCUT2D eigenvalue weighted by atomic mass is 35.5. The van der Waals surface area contributed by atoms with Crippen LogP contribution in [0.4, 0.5) is 4.39 Å². The molecule has 0 saturated heterocycles. The van der Waals surface area contributed by atoms with E-state index in [9.17, 15) is 4.39 Å². The summed E-state index contributed by atoms with van der Waals surface area (Å²) in [6, 6.07) is 4.74. The van der Waals surface area contributed by atoms with Gasteiger partial charge in [0, 0.05) is 12.6 Å². The molecule has 0 amide bonds. The summed E-state index contributed by atoms with van der Waals surface area (Å²) in [7, 11) is 0. The summed E-state index contributed by atoms with van der Waals surface area (Å²) >= 11 is 5.59. The highest BCUT2D eigenvalue weighted by molar-refractivity contribution is 6.30. The monoisotopic (exact) mass is 245 g/mol. The molecule has 90 valence electrons. The molecule has 0 aromatic heterocycles. The lowest BCUT2D eigenvalue weighted by Gasteiger charge is -2.19. The van der Waals surface area contributed by atoms with E-state index in [2.05, 4.69) is 5.32 Å². The minimum atomic E-state index is -0.411. The first-order valence-electron chi connectivity index (χ1n) is 5.32. The van der Waals surface area contributed by atoms with Crippen LogP contribution >= 0.6 is 11.6 Å². The number of rotatable bonds is 5. The van der Waals surface area contributed by atoms with Gasteiger partial charge in [0.2, 0.25) is 0 Å². The van der Waals surface area contributed by atoms with Crippen LogP contribution in [0.3, 0.4) is 0 Å². The van der Waals surface area contributed by atoms with Crippen LogP contribution in [-0.2, 0) is 6.54 Å². The fourth-order valence-corrected chi connectivity index (χ4v) is 1.53. The molecule has 1 aromatic carbocycles. The fourth-order valence-electron chi connectivity index (χ4n) is 1.41. The van der Waals surface area contributed by atoms with E-state index in [1.165, 1.54) is 12.1 Å². The molecular formula is C12H17ClFNO. The third-order valence-corrected chi connectivity index (χ3v) is 2.86. The highest BCUT2D eigenvalue weighted by Crippen LogP contribution is 2.15. The van der Waals surface area contributed by atoms with Crippen LogP contribution in [0, 0.1) is 11.7 Å². The fraction of sp³-hybridized carbons (Fsp3) is 0.500. The molecule has 0 aliphatic rings. The lowest BCUT2D eigenvalue weighted by atomic mass is 10.1. The lowest BCUT2D eigenvalue weighted by Crippen LogP contribution is -2.36. The third kappa shape index (κ3) is 3.74. The van der Waals surface area contributed by atoms with Crippen molar-refractivity contribution in [1.29, 1.82) is 0 Å². The first-order chi connectivity index (χ1) is 7.54. The van der Waals surface area contributed by atoms with Crippen molar-refractivity contribution in [2.24, 2.45) is 5.92 Å². The van der Waals surface area contributed by atoms with E-state index in [1.54, 1.807) is 6.07 Å². The molecule has 0 radical (unpaired) electrons. The van der Waals surface area contributed by atoms with Crippen LogP contribution in [-0.4, -0.2) is 17.8 Å². The molecule has 0 bridgehead atoms. The molecule has 1 rings (SSSR count). The molecule has 0 saturated carbocycles. The summed E-state index contributed by atoms with van der Waals surface area (Å²) in [5, 5.41) is 12.4. The lowest BCUT2D eigenvalue weighted by molar-refractivity contribution is 0.210. The topological polar surface area (TPSA) is 32.3 Å². The van der Waals surface area contributed by atoms with Crippen molar-refractivity contribution < 1.29 is 9.50 Å². The number of hydrogen-bond acceptors (Lipinski definition) is 2.